The molecule has 0 fully saturated rings. The highest BCUT2D eigenvalue weighted by Crippen LogP contribution is 2.24. The first kappa shape index (κ1) is 18.8. The van der Waals surface area contributed by atoms with Gasteiger partial charge in [0.05, 0.1) is 12.3 Å². The van der Waals surface area contributed by atoms with Crippen molar-refractivity contribution in [3.8, 4) is 5.75 Å². The number of ether oxygens (including phenoxy) is 1. The van der Waals surface area contributed by atoms with Crippen LogP contribution >= 0.6 is 0 Å². The van der Waals surface area contributed by atoms with Gasteiger partial charge >= 0.3 is 0 Å². The minimum Gasteiger partial charge on any atom is -0.492 e. The molecule has 3 heteroatoms. The lowest BCUT2D eigenvalue weighted by atomic mass is 10.0. The number of benzene rings is 1. The molecule has 0 amide bonds. The molecule has 126 valence electrons. The quantitative estimate of drug-likeness (QED) is 0.694. The molecule has 0 heterocycles. The van der Waals surface area contributed by atoms with Crippen LogP contribution in [0.3, 0.4) is 0 Å². The van der Waals surface area contributed by atoms with Gasteiger partial charge < -0.3 is 10.5 Å². The van der Waals surface area contributed by atoms with Gasteiger partial charge in [-0.05, 0) is 49.8 Å². The smallest absolute Gasteiger partial charge is 0.142 e. The normalized spacial score (nSPS) is 13.1. The predicted molar refractivity (Wildman–Crippen MR) is 96.4 cm³/mol. The van der Waals surface area contributed by atoms with Gasteiger partial charge in [-0.25, -0.2) is 0 Å². The molecule has 22 heavy (non-hydrogen) atoms. The molecule has 0 aromatic heterocycles. The molecule has 0 saturated heterocycles. The fraction of sp³-hybridized carbons (Fsp3) is 0.684. The zero-order valence-electron chi connectivity index (χ0n) is 15.2. The second-order valence-electron chi connectivity index (χ2n) is 7.10. The van der Waals surface area contributed by atoms with Crippen molar-refractivity contribution in [2.45, 2.75) is 54.0 Å². The summed E-state index contributed by atoms with van der Waals surface area (Å²) < 4.78 is 5.51. The van der Waals surface area contributed by atoms with E-state index in [9.17, 15) is 0 Å². The largest absolute Gasteiger partial charge is 0.492 e. The number of nitrogen functional groups attached to an aromatic ring is 1. The fourth-order valence-corrected chi connectivity index (χ4v) is 2.85. The summed E-state index contributed by atoms with van der Waals surface area (Å²) in [4.78, 5) is 2.60. The van der Waals surface area contributed by atoms with Crippen LogP contribution in [0.2, 0.25) is 0 Å². The Morgan fingerprint density at radius 1 is 1.05 bits per heavy atom. The van der Waals surface area contributed by atoms with Crippen LogP contribution in [0, 0.1) is 11.8 Å². The lowest BCUT2D eigenvalue weighted by molar-refractivity contribution is 0.165. The molecular weight excluding hydrogens is 272 g/mol. The van der Waals surface area contributed by atoms with Crippen LogP contribution in [-0.4, -0.2) is 30.6 Å². The maximum atomic E-state index is 6.08. The SMILES string of the molecule is CCOc1ccc(CC(C)N(CC(C)C)CC(C)C)cc1N. The van der Waals surface area contributed by atoms with Crippen molar-refractivity contribution in [3.05, 3.63) is 23.8 Å². The second kappa shape index (κ2) is 9.04. The summed E-state index contributed by atoms with van der Waals surface area (Å²) in [7, 11) is 0. The summed E-state index contributed by atoms with van der Waals surface area (Å²) >= 11 is 0. The van der Waals surface area contributed by atoms with Crippen molar-refractivity contribution < 1.29 is 4.74 Å². The van der Waals surface area contributed by atoms with E-state index in [1.807, 2.05) is 13.0 Å². The van der Waals surface area contributed by atoms with E-state index >= 15 is 0 Å². The highest BCUT2D eigenvalue weighted by atomic mass is 16.5. The molecule has 1 rings (SSSR count). The van der Waals surface area contributed by atoms with E-state index in [2.05, 4.69) is 51.7 Å². The van der Waals surface area contributed by atoms with Crippen LogP contribution in [0.15, 0.2) is 18.2 Å². The third-order valence-electron chi connectivity index (χ3n) is 3.73. The lowest BCUT2D eigenvalue weighted by Crippen LogP contribution is -2.39. The van der Waals surface area contributed by atoms with Crippen LogP contribution in [0.5, 0.6) is 5.75 Å². The predicted octanol–water partition coefficient (Wildman–Crippen LogP) is 4.21. The number of hydrogen-bond acceptors (Lipinski definition) is 3. The molecule has 1 atom stereocenters. The third-order valence-corrected chi connectivity index (χ3v) is 3.73. The zero-order valence-corrected chi connectivity index (χ0v) is 15.2. The second-order valence-corrected chi connectivity index (χ2v) is 7.10. The van der Waals surface area contributed by atoms with Crippen LogP contribution in [-0.2, 0) is 6.42 Å². The summed E-state index contributed by atoms with van der Waals surface area (Å²) in [5.74, 6) is 2.17. The first-order valence-electron chi connectivity index (χ1n) is 8.58. The number of anilines is 1. The topological polar surface area (TPSA) is 38.5 Å². The van der Waals surface area contributed by atoms with Gasteiger partial charge in [0.2, 0.25) is 0 Å². The average Bonchev–Trinajstić information content (AvgIpc) is 2.40. The Kier molecular flexibility index (Phi) is 7.74. The van der Waals surface area contributed by atoms with Gasteiger partial charge in [0.25, 0.3) is 0 Å². The minimum absolute atomic E-state index is 0.516. The molecule has 0 spiro atoms. The van der Waals surface area contributed by atoms with Crippen molar-refractivity contribution in [2.24, 2.45) is 11.8 Å². The molecule has 0 aliphatic rings. The van der Waals surface area contributed by atoms with Gasteiger partial charge in [-0.15, -0.1) is 0 Å². The molecule has 0 bridgehead atoms. The standard InChI is InChI=1S/C19H34N2O/c1-7-22-19-9-8-17(11-18(19)20)10-16(6)21(12-14(2)3)13-15(4)5/h8-9,11,14-16H,7,10,12-13,20H2,1-6H3. The van der Waals surface area contributed by atoms with Gasteiger partial charge in [0, 0.05) is 19.1 Å². The van der Waals surface area contributed by atoms with Crippen LogP contribution in [0.1, 0.15) is 47.1 Å². The molecular formula is C19H34N2O. The number of nitrogens with two attached hydrogens (primary N) is 1. The van der Waals surface area contributed by atoms with Gasteiger partial charge in [-0.2, -0.15) is 0 Å². The van der Waals surface area contributed by atoms with E-state index in [0.717, 1.165) is 30.9 Å². The van der Waals surface area contributed by atoms with Crippen LogP contribution in [0.4, 0.5) is 5.69 Å². The van der Waals surface area contributed by atoms with Gasteiger partial charge in [0.15, 0.2) is 0 Å². The van der Waals surface area contributed by atoms with Gasteiger partial charge in [-0.3, -0.25) is 4.90 Å². The van der Waals surface area contributed by atoms with Crippen molar-refractivity contribution in [3.63, 3.8) is 0 Å². The van der Waals surface area contributed by atoms with E-state index in [0.29, 0.717) is 24.5 Å². The molecule has 0 aliphatic heterocycles. The summed E-state index contributed by atoms with van der Waals surface area (Å²) in [6.45, 7) is 16.4. The molecule has 1 unspecified atom stereocenters. The first-order valence-corrected chi connectivity index (χ1v) is 8.58. The van der Waals surface area contributed by atoms with Crippen molar-refractivity contribution in [1.29, 1.82) is 0 Å². The first-order chi connectivity index (χ1) is 10.3. The molecule has 1 aromatic rings. The third kappa shape index (κ3) is 6.27. The van der Waals surface area contributed by atoms with E-state index < -0.39 is 0 Å². The Morgan fingerprint density at radius 2 is 1.64 bits per heavy atom. The summed E-state index contributed by atoms with van der Waals surface area (Å²) in [5.41, 5.74) is 8.11. The average molecular weight is 306 g/mol. The molecule has 0 radical (unpaired) electrons. The maximum Gasteiger partial charge on any atom is 0.142 e. The molecule has 2 N–H and O–H groups in total. The summed E-state index contributed by atoms with van der Waals surface area (Å²) in [6.07, 6.45) is 1.02. The summed E-state index contributed by atoms with van der Waals surface area (Å²) in [6, 6.07) is 6.71. The molecule has 3 nitrogen and oxygen atoms in total. The Morgan fingerprint density at radius 3 is 2.09 bits per heavy atom. The van der Waals surface area contributed by atoms with Crippen LogP contribution < -0.4 is 10.5 Å². The van der Waals surface area contributed by atoms with E-state index in [4.69, 9.17) is 10.5 Å². The van der Waals surface area contributed by atoms with Crippen molar-refractivity contribution in [1.82, 2.24) is 4.90 Å². The lowest BCUT2D eigenvalue weighted by Gasteiger charge is -2.32. The molecule has 0 saturated carbocycles. The number of rotatable bonds is 9. The highest BCUT2D eigenvalue weighted by molar-refractivity contribution is 5.54. The summed E-state index contributed by atoms with van der Waals surface area (Å²) in [5, 5.41) is 0. The minimum atomic E-state index is 0.516. The van der Waals surface area contributed by atoms with Crippen LogP contribution in [0.25, 0.3) is 0 Å². The highest BCUT2D eigenvalue weighted by Gasteiger charge is 2.17. The monoisotopic (exact) mass is 306 g/mol. The zero-order chi connectivity index (χ0) is 16.7. The molecule has 0 aliphatic carbocycles. The van der Waals surface area contributed by atoms with Crippen molar-refractivity contribution >= 4 is 5.69 Å². The van der Waals surface area contributed by atoms with Crippen molar-refractivity contribution in [2.75, 3.05) is 25.4 Å². The maximum absolute atomic E-state index is 6.08. The Labute approximate surface area is 136 Å². The fourth-order valence-electron chi connectivity index (χ4n) is 2.85. The Hall–Kier alpha value is -1.22. The van der Waals surface area contributed by atoms with E-state index in [-0.39, 0.29) is 0 Å². The van der Waals surface area contributed by atoms with Gasteiger partial charge in [0.1, 0.15) is 5.75 Å². The number of hydrogen-bond donors (Lipinski definition) is 1. The number of nitrogens with zero attached hydrogens (tertiary/aromatic N) is 1. The Balaban J connectivity index is 2.75. The van der Waals surface area contributed by atoms with E-state index in [1.54, 1.807) is 0 Å². The van der Waals surface area contributed by atoms with Gasteiger partial charge in [-0.1, -0.05) is 33.8 Å². The molecule has 1 aromatic carbocycles. The Bertz CT molecular complexity index is 433. The van der Waals surface area contributed by atoms with E-state index in [1.165, 1.54) is 5.56 Å².